The number of hydrogen-bond acceptors (Lipinski definition) is 4. The Morgan fingerprint density at radius 3 is 2.42 bits per heavy atom. The molecule has 0 unspecified atom stereocenters. The summed E-state index contributed by atoms with van der Waals surface area (Å²) < 4.78 is 0. The van der Waals surface area contributed by atoms with Crippen LogP contribution in [0.25, 0.3) is 22.3 Å². The number of hydrogen-bond donors (Lipinski definition) is 2. The molecule has 0 amide bonds. The third-order valence-electron chi connectivity index (χ3n) is 4.61. The van der Waals surface area contributed by atoms with Gasteiger partial charge in [-0.05, 0) is 55.3 Å². The number of para-hydroxylation sites is 2. The van der Waals surface area contributed by atoms with Crippen molar-refractivity contribution >= 4 is 22.4 Å². The fourth-order valence-corrected chi connectivity index (χ4v) is 2.97. The van der Waals surface area contributed by atoms with Gasteiger partial charge in [-0.2, -0.15) is 0 Å². The number of fused-ring (bicyclic) bond motifs is 1. The predicted molar refractivity (Wildman–Crippen MR) is 106 cm³/mol. The van der Waals surface area contributed by atoms with Crippen LogP contribution in [0, 0.1) is 13.8 Å². The summed E-state index contributed by atoms with van der Waals surface area (Å²) in [5.41, 5.74) is 4.85. The molecule has 4 aromatic rings. The van der Waals surface area contributed by atoms with Gasteiger partial charge in [0.2, 0.25) is 0 Å². The van der Waals surface area contributed by atoms with E-state index < -0.39 is 0 Å². The zero-order chi connectivity index (χ0) is 18.1. The number of aryl methyl sites for hydroxylation is 1. The summed E-state index contributed by atoms with van der Waals surface area (Å²) in [7, 11) is 0. The minimum Gasteiger partial charge on any atom is -0.507 e. The van der Waals surface area contributed by atoms with Crippen LogP contribution >= 0.6 is 0 Å². The van der Waals surface area contributed by atoms with E-state index in [1.807, 2.05) is 48.5 Å². The Balaban J connectivity index is 1.90. The fraction of sp³-hybridized carbons (Fsp3) is 0.0909. The van der Waals surface area contributed by atoms with Gasteiger partial charge in [-0.3, -0.25) is 0 Å². The van der Waals surface area contributed by atoms with E-state index in [-0.39, 0.29) is 5.75 Å². The second kappa shape index (κ2) is 6.48. The van der Waals surface area contributed by atoms with Gasteiger partial charge in [0.1, 0.15) is 11.6 Å². The van der Waals surface area contributed by atoms with Gasteiger partial charge < -0.3 is 10.4 Å². The Labute approximate surface area is 152 Å². The molecule has 0 fully saturated rings. The van der Waals surface area contributed by atoms with Crippen LogP contribution in [0.2, 0.25) is 0 Å². The molecule has 1 aromatic heterocycles. The van der Waals surface area contributed by atoms with Gasteiger partial charge in [0, 0.05) is 11.1 Å². The molecule has 0 spiro atoms. The van der Waals surface area contributed by atoms with Crippen molar-refractivity contribution in [3.05, 3.63) is 77.9 Å². The van der Waals surface area contributed by atoms with Crippen LogP contribution in [0.15, 0.2) is 66.7 Å². The summed E-state index contributed by atoms with van der Waals surface area (Å²) in [6.07, 6.45) is 0. The molecule has 0 bridgehead atoms. The van der Waals surface area contributed by atoms with Crippen molar-refractivity contribution in [1.29, 1.82) is 0 Å². The summed E-state index contributed by atoms with van der Waals surface area (Å²) in [6, 6.07) is 21.1. The van der Waals surface area contributed by atoms with Gasteiger partial charge in [-0.1, -0.05) is 36.4 Å². The summed E-state index contributed by atoms with van der Waals surface area (Å²) in [4.78, 5) is 9.35. The van der Waals surface area contributed by atoms with E-state index in [9.17, 15) is 5.11 Å². The van der Waals surface area contributed by atoms with Crippen molar-refractivity contribution in [1.82, 2.24) is 9.97 Å². The quantitative estimate of drug-likeness (QED) is 0.526. The van der Waals surface area contributed by atoms with Crippen molar-refractivity contribution in [3.8, 4) is 17.1 Å². The van der Waals surface area contributed by atoms with Crippen molar-refractivity contribution in [2.45, 2.75) is 13.8 Å². The molecule has 4 heteroatoms. The third-order valence-corrected chi connectivity index (χ3v) is 4.61. The first kappa shape index (κ1) is 16.1. The summed E-state index contributed by atoms with van der Waals surface area (Å²) in [5.74, 6) is 1.39. The molecule has 0 aliphatic heterocycles. The number of benzene rings is 3. The number of phenolic OH excluding ortho intramolecular Hbond substituents is 1. The molecule has 0 atom stereocenters. The number of aromatic hydroxyl groups is 1. The normalized spacial score (nSPS) is 10.8. The van der Waals surface area contributed by atoms with E-state index in [0.29, 0.717) is 11.4 Å². The lowest BCUT2D eigenvalue weighted by Gasteiger charge is -2.14. The maximum Gasteiger partial charge on any atom is 0.165 e. The number of anilines is 2. The maximum absolute atomic E-state index is 10.2. The predicted octanol–water partition coefficient (Wildman–Crippen LogP) is 5.36. The number of phenols is 1. The van der Waals surface area contributed by atoms with Crippen molar-refractivity contribution in [2.75, 3.05) is 5.32 Å². The Kier molecular flexibility index (Phi) is 4.01. The molecule has 0 aliphatic rings. The first-order valence-electron chi connectivity index (χ1n) is 8.52. The van der Waals surface area contributed by atoms with E-state index in [1.54, 1.807) is 12.1 Å². The molecule has 26 heavy (non-hydrogen) atoms. The second-order valence-corrected chi connectivity index (χ2v) is 6.30. The molecule has 0 saturated heterocycles. The summed E-state index contributed by atoms with van der Waals surface area (Å²) in [5, 5.41) is 14.6. The van der Waals surface area contributed by atoms with Crippen LogP contribution in [0.1, 0.15) is 11.1 Å². The molecule has 1 heterocycles. The van der Waals surface area contributed by atoms with Gasteiger partial charge in [0.15, 0.2) is 5.82 Å². The standard InChI is InChI=1S/C22H19N3O/c1-14-8-7-12-18(15(14)2)23-21-16-9-3-5-11-19(16)24-22(25-21)17-10-4-6-13-20(17)26/h3-13,26H,1-2H3,(H,23,24,25). The molecule has 0 aliphatic carbocycles. The number of aromatic nitrogens is 2. The van der Waals surface area contributed by atoms with Crippen LogP contribution in [-0.4, -0.2) is 15.1 Å². The van der Waals surface area contributed by atoms with E-state index in [1.165, 1.54) is 11.1 Å². The largest absolute Gasteiger partial charge is 0.507 e. The third kappa shape index (κ3) is 2.86. The van der Waals surface area contributed by atoms with Gasteiger partial charge in [-0.15, -0.1) is 0 Å². The zero-order valence-corrected chi connectivity index (χ0v) is 14.7. The molecule has 128 valence electrons. The van der Waals surface area contributed by atoms with E-state index >= 15 is 0 Å². The molecule has 0 saturated carbocycles. The highest BCUT2D eigenvalue weighted by atomic mass is 16.3. The number of nitrogens with one attached hydrogen (secondary N) is 1. The zero-order valence-electron chi connectivity index (χ0n) is 14.7. The topological polar surface area (TPSA) is 58.0 Å². The Morgan fingerprint density at radius 1 is 0.808 bits per heavy atom. The SMILES string of the molecule is Cc1cccc(Nc2nc(-c3ccccc3O)nc3ccccc23)c1C. The summed E-state index contributed by atoms with van der Waals surface area (Å²) >= 11 is 0. The number of rotatable bonds is 3. The van der Waals surface area contributed by atoms with Crippen LogP contribution in [0.3, 0.4) is 0 Å². The van der Waals surface area contributed by atoms with Crippen LogP contribution in [-0.2, 0) is 0 Å². The highest BCUT2D eigenvalue weighted by Crippen LogP contribution is 2.32. The van der Waals surface area contributed by atoms with Crippen LogP contribution in [0.5, 0.6) is 5.75 Å². The van der Waals surface area contributed by atoms with E-state index in [4.69, 9.17) is 4.98 Å². The lowest BCUT2D eigenvalue weighted by Crippen LogP contribution is -2.01. The minimum atomic E-state index is 0.167. The smallest absolute Gasteiger partial charge is 0.165 e. The van der Waals surface area contributed by atoms with E-state index in [0.717, 1.165) is 22.4 Å². The highest BCUT2D eigenvalue weighted by molar-refractivity contribution is 5.92. The van der Waals surface area contributed by atoms with Crippen molar-refractivity contribution < 1.29 is 5.11 Å². The average Bonchev–Trinajstić information content (AvgIpc) is 2.66. The van der Waals surface area contributed by atoms with Crippen LogP contribution < -0.4 is 5.32 Å². The molecule has 3 aromatic carbocycles. The molecular weight excluding hydrogens is 322 g/mol. The average molecular weight is 341 g/mol. The lowest BCUT2D eigenvalue weighted by molar-refractivity contribution is 0.477. The van der Waals surface area contributed by atoms with Crippen molar-refractivity contribution in [2.24, 2.45) is 0 Å². The van der Waals surface area contributed by atoms with Gasteiger partial charge in [0.05, 0.1) is 11.1 Å². The second-order valence-electron chi connectivity index (χ2n) is 6.30. The summed E-state index contributed by atoms with van der Waals surface area (Å²) in [6.45, 7) is 4.18. The first-order chi connectivity index (χ1) is 12.6. The Morgan fingerprint density at radius 2 is 1.58 bits per heavy atom. The fourth-order valence-electron chi connectivity index (χ4n) is 2.97. The van der Waals surface area contributed by atoms with Gasteiger partial charge in [-0.25, -0.2) is 9.97 Å². The molecule has 4 rings (SSSR count). The van der Waals surface area contributed by atoms with E-state index in [2.05, 4.69) is 30.2 Å². The molecule has 2 N–H and O–H groups in total. The molecule has 4 nitrogen and oxygen atoms in total. The Bertz CT molecular complexity index is 1110. The van der Waals surface area contributed by atoms with Gasteiger partial charge >= 0.3 is 0 Å². The maximum atomic E-state index is 10.2. The monoisotopic (exact) mass is 341 g/mol. The Hall–Kier alpha value is -3.40. The molecule has 0 radical (unpaired) electrons. The molecular formula is C22H19N3O. The lowest BCUT2D eigenvalue weighted by atomic mass is 10.1. The van der Waals surface area contributed by atoms with Crippen LogP contribution in [0.4, 0.5) is 11.5 Å². The highest BCUT2D eigenvalue weighted by Gasteiger charge is 2.13. The van der Waals surface area contributed by atoms with Gasteiger partial charge in [0.25, 0.3) is 0 Å². The van der Waals surface area contributed by atoms with Crippen molar-refractivity contribution in [3.63, 3.8) is 0 Å². The minimum absolute atomic E-state index is 0.167. The first-order valence-corrected chi connectivity index (χ1v) is 8.52. The number of nitrogens with zero attached hydrogens (tertiary/aromatic N) is 2.